The predicted octanol–water partition coefficient (Wildman–Crippen LogP) is 3.45. The Bertz CT molecular complexity index is 741. The Morgan fingerprint density at radius 1 is 1.11 bits per heavy atom. The lowest BCUT2D eigenvalue weighted by Crippen LogP contribution is -1.98. The molecular weight excluding hydrogens is 234 g/mol. The van der Waals surface area contributed by atoms with Gasteiger partial charge >= 0.3 is 0 Å². The third kappa shape index (κ3) is 1.78. The molecule has 0 saturated carbocycles. The first kappa shape index (κ1) is 11.8. The maximum absolute atomic E-state index is 6.30. The molecule has 0 unspecified atom stereocenters. The SMILES string of the molecule is CCc1ccccc1-c1nc2cccc(C)n2c1N. The summed E-state index contributed by atoms with van der Waals surface area (Å²) in [6.07, 6.45) is 0.975. The van der Waals surface area contributed by atoms with Crippen molar-refractivity contribution in [3.63, 3.8) is 0 Å². The maximum atomic E-state index is 6.30. The van der Waals surface area contributed by atoms with E-state index in [4.69, 9.17) is 5.73 Å². The fourth-order valence-electron chi connectivity index (χ4n) is 2.54. The molecule has 0 saturated heterocycles. The van der Waals surface area contributed by atoms with Gasteiger partial charge in [0.05, 0.1) is 0 Å². The summed E-state index contributed by atoms with van der Waals surface area (Å²) in [5.74, 6) is 0.717. The highest BCUT2D eigenvalue weighted by Crippen LogP contribution is 2.30. The minimum atomic E-state index is 0.717. The number of rotatable bonds is 2. The molecule has 0 amide bonds. The first-order valence-electron chi connectivity index (χ1n) is 6.54. The second kappa shape index (κ2) is 4.43. The van der Waals surface area contributed by atoms with Crippen LogP contribution in [0, 0.1) is 6.92 Å². The highest BCUT2D eigenvalue weighted by molar-refractivity contribution is 5.77. The number of hydrogen-bond donors (Lipinski definition) is 1. The first-order valence-corrected chi connectivity index (χ1v) is 6.54. The number of nitrogens with zero attached hydrogens (tertiary/aromatic N) is 2. The zero-order valence-corrected chi connectivity index (χ0v) is 11.2. The normalized spacial score (nSPS) is 11.1. The zero-order valence-electron chi connectivity index (χ0n) is 11.2. The Hall–Kier alpha value is -2.29. The minimum absolute atomic E-state index is 0.717. The van der Waals surface area contributed by atoms with Gasteiger partial charge in [-0.25, -0.2) is 4.98 Å². The van der Waals surface area contributed by atoms with Crippen LogP contribution >= 0.6 is 0 Å². The molecular formula is C16H17N3. The molecule has 0 aliphatic heterocycles. The van der Waals surface area contributed by atoms with Crippen molar-refractivity contribution < 1.29 is 0 Å². The summed E-state index contributed by atoms with van der Waals surface area (Å²) in [5, 5.41) is 0. The Morgan fingerprint density at radius 3 is 2.63 bits per heavy atom. The lowest BCUT2D eigenvalue weighted by Gasteiger charge is -2.06. The maximum Gasteiger partial charge on any atom is 0.139 e. The molecule has 3 nitrogen and oxygen atoms in total. The highest BCUT2D eigenvalue weighted by atomic mass is 15.1. The van der Waals surface area contributed by atoms with Crippen LogP contribution in [0.25, 0.3) is 16.9 Å². The van der Waals surface area contributed by atoms with Crippen molar-refractivity contribution in [3.05, 3.63) is 53.7 Å². The molecule has 0 atom stereocenters. The van der Waals surface area contributed by atoms with Crippen LogP contribution < -0.4 is 5.73 Å². The Morgan fingerprint density at radius 2 is 1.89 bits per heavy atom. The Labute approximate surface area is 112 Å². The second-order valence-electron chi connectivity index (χ2n) is 4.72. The molecule has 3 heteroatoms. The second-order valence-corrected chi connectivity index (χ2v) is 4.72. The van der Waals surface area contributed by atoms with E-state index in [9.17, 15) is 0 Å². The van der Waals surface area contributed by atoms with Gasteiger partial charge in [-0.15, -0.1) is 0 Å². The lowest BCUT2D eigenvalue weighted by molar-refractivity contribution is 1.10. The van der Waals surface area contributed by atoms with Gasteiger partial charge in [0.1, 0.15) is 17.2 Å². The summed E-state index contributed by atoms with van der Waals surface area (Å²) in [6.45, 7) is 4.19. The zero-order chi connectivity index (χ0) is 13.4. The third-order valence-corrected chi connectivity index (χ3v) is 3.53. The fraction of sp³-hybridized carbons (Fsp3) is 0.188. The molecule has 1 aromatic carbocycles. The van der Waals surface area contributed by atoms with Crippen molar-refractivity contribution in [1.29, 1.82) is 0 Å². The molecule has 2 N–H and O–H groups in total. The predicted molar refractivity (Wildman–Crippen MR) is 79.2 cm³/mol. The standard InChI is InChI=1S/C16H17N3/c1-3-12-8-4-5-9-13(12)15-16(17)19-11(2)7-6-10-14(19)18-15/h4-10H,3,17H2,1-2H3. The van der Waals surface area contributed by atoms with Crippen molar-refractivity contribution in [2.75, 3.05) is 5.73 Å². The molecule has 0 bridgehead atoms. The number of pyridine rings is 1. The van der Waals surface area contributed by atoms with Crippen LogP contribution in [0.3, 0.4) is 0 Å². The summed E-state index contributed by atoms with van der Waals surface area (Å²) < 4.78 is 2.00. The van der Waals surface area contributed by atoms with Gasteiger partial charge in [-0.05, 0) is 31.0 Å². The minimum Gasteiger partial charge on any atom is -0.383 e. The number of hydrogen-bond acceptors (Lipinski definition) is 2. The number of nitrogen functional groups attached to an aromatic ring is 1. The van der Waals surface area contributed by atoms with E-state index in [2.05, 4.69) is 30.1 Å². The summed E-state index contributed by atoms with van der Waals surface area (Å²) >= 11 is 0. The van der Waals surface area contributed by atoms with E-state index < -0.39 is 0 Å². The number of benzene rings is 1. The average molecular weight is 251 g/mol. The molecule has 0 aliphatic carbocycles. The van der Waals surface area contributed by atoms with Crippen LogP contribution in [0.4, 0.5) is 5.82 Å². The summed E-state index contributed by atoms with van der Waals surface area (Å²) in [5.41, 5.74) is 11.6. The quantitative estimate of drug-likeness (QED) is 0.758. The molecule has 0 radical (unpaired) electrons. The van der Waals surface area contributed by atoms with Crippen molar-refractivity contribution in [3.8, 4) is 11.3 Å². The van der Waals surface area contributed by atoms with E-state index in [0.717, 1.165) is 29.0 Å². The lowest BCUT2D eigenvalue weighted by atomic mass is 10.0. The van der Waals surface area contributed by atoms with Gasteiger partial charge in [0.15, 0.2) is 0 Å². The molecule has 3 aromatic rings. The van der Waals surface area contributed by atoms with E-state index in [-0.39, 0.29) is 0 Å². The first-order chi connectivity index (χ1) is 9.22. The molecule has 2 heterocycles. The molecule has 3 rings (SSSR count). The van der Waals surface area contributed by atoms with E-state index >= 15 is 0 Å². The largest absolute Gasteiger partial charge is 0.383 e. The average Bonchev–Trinajstić information content (AvgIpc) is 2.77. The van der Waals surface area contributed by atoms with Crippen LogP contribution in [-0.2, 0) is 6.42 Å². The van der Waals surface area contributed by atoms with Crippen molar-refractivity contribution in [2.45, 2.75) is 20.3 Å². The van der Waals surface area contributed by atoms with E-state index in [0.29, 0.717) is 5.82 Å². The number of aromatic nitrogens is 2. The van der Waals surface area contributed by atoms with Gasteiger partial charge in [-0.1, -0.05) is 37.3 Å². The van der Waals surface area contributed by atoms with E-state index in [1.165, 1.54) is 5.56 Å². The monoisotopic (exact) mass is 251 g/mol. The smallest absolute Gasteiger partial charge is 0.139 e. The number of imidazole rings is 1. The van der Waals surface area contributed by atoms with E-state index in [1.54, 1.807) is 0 Å². The van der Waals surface area contributed by atoms with Crippen LogP contribution in [0.2, 0.25) is 0 Å². The molecule has 0 aliphatic rings. The van der Waals surface area contributed by atoms with Gasteiger partial charge in [0.25, 0.3) is 0 Å². The fourth-order valence-corrected chi connectivity index (χ4v) is 2.54. The van der Waals surface area contributed by atoms with Crippen molar-refractivity contribution in [1.82, 2.24) is 9.38 Å². The molecule has 96 valence electrons. The number of fused-ring (bicyclic) bond motifs is 1. The topological polar surface area (TPSA) is 43.3 Å². The molecule has 19 heavy (non-hydrogen) atoms. The summed E-state index contributed by atoms with van der Waals surface area (Å²) in [7, 11) is 0. The van der Waals surface area contributed by atoms with Gasteiger partial charge in [0, 0.05) is 11.3 Å². The van der Waals surface area contributed by atoms with Crippen molar-refractivity contribution in [2.24, 2.45) is 0 Å². The summed E-state index contributed by atoms with van der Waals surface area (Å²) in [6, 6.07) is 14.3. The van der Waals surface area contributed by atoms with E-state index in [1.807, 2.05) is 35.6 Å². The number of aryl methyl sites for hydroxylation is 2. The van der Waals surface area contributed by atoms with Crippen LogP contribution in [0.1, 0.15) is 18.2 Å². The molecule has 0 spiro atoms. The van der Waals surface area contributed by atoms with Crippen molar-refractivity contribution >= 4 is 11.5 Å². The molecule has 0 fully saturated rings. The van der Waals surface area contributed by atoms with Crippen LogP contribution in [0.15, 0.2) is 42.5 Å². The number of anilines is 1. The van der Waals surface area contributed by atoms with Gasteiger partial charge in [-0.2, -0.15) is 0 Å². The van der Waals surface area contributed by atoms with Gasteiger partial charge in [0.2, 0.25) is 0 Å². The molecule has 2 aromatic heterocycles. The summed E-state index contributed by atoms with van der Waals surface area (Å²) in [4.78, 5) is 4.69. The number of nitrogens with two attached hydrogens (primary N) is 1. The Balaban J connectivity index is 2.32. The third-order valence-electron chi connectivity index (χ3n) is 3.53. The van der Waals surface area contributed by atoms with Crippen LogP contribution in [0.5, 0.6) is 0 Å². The highest BCUT2D eigenvalue weighted by Gasteiger charge is 2.14. The van der Waals surface area contributed by atoms with Gasteiger partial charge < -0.3 is 5.73 Å². The van der Waals surface area contributed by atoms with Gasteiger partial charge in [-0.3, -0.25) is 4.40 Å². The Kier molecular flexibility index (Phi) is 2.75. The van der Waals surface area contributed by atoms with Crippen LogP contribution in [-0.4, -0.2) is 9.38 Å².